The second-order valence-electron chi connectivity index (χ2n) is 6.69. The van der Waals surface area contributed by atoms with Crippen molar-refractivity contribution in [3.8, 4) is 11.5 Å². The van der Waals surface area contributed by atoms with Gasteiger partial charge < -0.3 is 14.3 Å². The van der Waals surface area contributed by atoms with Gasteiger partial charge in [-0.25, -0.2) is 0 Å². The summed E-state index contributed by atoms with van der Waals surface area (Å²) in [5, 5.41) is 4.21. The lowest BCUT2D eigenvalue weighted by molar-refractivity contribution is -0.137. The van der Waals surface area contributed by atoms with Crippen molar-refractivity contribution < 1.29 is 27.5 Å². The molecular formula is C22H20Cl2F3NO3. The average Bonchev–Trinajstić information content (AvgIpc) is 3.14. The molecule has 0 amide bonds. The van der Waals surface area contributed by atoms with Crippen molar-refractivity contribution in [1.82, 2.24) is 0 Å². The van der Waals surface area contributed by atoms with E-state index >= 15 is 0 Å². The van der Waals surface area contributed by atoms with E-state index in [0.29, 0.717) is 6.42 Å². The van der Waals surface area contributed by atoms with E-state index in [1.54, 1.807) is 6.08 Å². The molecule has 0 spiro atoms. The fourth-order valence-electron chi connectivity index (χ4n) is 3.10. The predicted molar refractivity (Wildman–Crippen MR) is 114 cm³/mol. The Morgan fingerprint density at radius 1 is 1.03 bits per heavy atom. The van der Waals surface area contributed by atoms with E-state index in [2.05, 4.69) is 5.16 Å². The van der Waals surface area contributed by atoms with Crippen molar-refractivity contribution >= 4 is 28.9 Å². The molecule has 0 saturated heterocycles. The molecule has 0 aromatic heterocycles. The fourth-order valence-corrected chi connectivity index (χ4v) is 3.22. The molecule has 0 bridgehead atoms. The number of rotatable bonds is 9. The van der Waals surface area contributed by atoms with Crippen LogP contribution in [-0.2, 0) is 17.4 Å². The van der Waals surface area contributed by atoms with E-state index in [-0.39, 0.29) is 30.1 Å². The topological polar surface area (TPSA) is 40.0 Å². The van der Waals surface area contributed by atoms with Crippen molar-refractivity contribution in [2.75, 3.05) is 19.8 Å². The molecule has 0 unspecified atom stereocenters. The van der Waals surface area contributed by atoms with Gasteiger partial charge in [-0.2, -0.15) is 13.2 Å². The van der Waals surface area contributed by atoms with Crippen molar-refractivity contribution in [3.05, 3.63) is 69.7 Å². The van der Waals surface area contributed by atoms with E-state index in [9.17, 15) is 13.2 Å². The van der Waals surface area contributed by atoms with Gasteiger partial charge >= 0.3 is 6.18 Å². The Hall–Kier alpha value is -2.38. The quantitative estimate of drug-likeness (QED) is 0.306. The summed E-state index contributed by atoms with van der Waals surface area (Å²) < 4.78 is 49.4. The molecule has 166 valence electrons. The summed E-state index contributed by atoms with van der Waals surface area (Å²) in [6.45, 7) is 0.776. The van der Waals surface area contributed by atoms with Crippen LogP contribution in [-0.4, -0.2) is 25.5 Å². The lowest BCUT2D eigenvalue weighted by Gasteiger charge is -2.10. The van der Waals surface area contributed by atoms with Crippen molar-refractivity contribution in [2.45, 2.75) is 25.4 Å². The molecule has 0 atom stereocenters. The normalized spacial score (nSPS) is 14.3. The first-order chi connectivity index (χ1) is 14.8. The number of halogens is 5. The summed E-state index contributed by atoms with van der Waals surface area (Å²) in [7, 11) is 0. The Labute approximate surface area is 188 Å². The predicted octanol–water partition coefficient (Wildman–Crippen LogP) is 6.54. The van der Waals surface area contributed by atoms with Gasteiger partial charge in [0, 0.05) is 17.5 Å². The van der Waals surface area contributed by atoms with Gasteiger partial charge in [0.15, 0.2) is 0 Å². The minimum Gasteiger partial charge on any atom is -0.493 e. The summed E-state index contributed by atoms with van der Waals surface area (Å²) in [4.78, 5) is 5.39. The Morgan fingerprint density at radius 3 is 2.61 bits per heavy atom. The number of benzene rings is 2. The molecule has 0 radical (unpaired) electrons. The smallest absolute Gasteiger partial charge is 0.416 e. The van der Waals surface area contributed by atoms with E-state index in [1.807, 2.05) is 18.2 Å². The maximum atomic E-state index is 12.7. The standard InChI is InChI=1S/C22H20Cl2F3NO3/c23-21(24)10-13-30-20-7-2-6-17-18(20)8-9-19(17)28-31-12-3-11-29-16-5-1-4-15(14-16)22(25,26)27/h1-2,4-7,10,14H,3,8-9,11-13H2/b28-19+. The first-order valence-electron chi connectivity index (χ1n) is 9.59. The summed E-state index contributed by atoms with van der Waals surface area (Å²) in [6, 6.07) is 10.5. The van der Waals surface area contributed by atoms with Gasteiger partial charge in [0.2, 0.25) is 0 Å². The third-order valence-corrected chi connectivity index (χ3v) is 4.83. The number of hydrogen-bond donors (Lipinski definition) is 0. The molecule has 2 aromatic carbocycles. The second kappa shape index (κ2) is 10.8. The maximum Gasteiger partial charge on any atom is 0.416 e. The SMILES string of the molecule is FC(F)(F)c1cccc(OCCCO/N=C2\CCc3c(OCC=C(Cl)Cl)cccc32)c1. The van der Waals surface area contributed by atoms with Gasteiger partial charge in [-0.1, -0.05) is 46.6 Å². The second-order valence-corrected chi connectivity index (χ2v) is 7.69. The molecule has 3 rings (SSSR count). The van der Waals surface area contributed by atoms with Crippen LogP contribution in [0.2, 0.25) is 0 Å². The third kappa shape index (κ3) is 6.80. The molecule has 4 nitrogen and oxygen atoms in total. The minimum atomic E-state index is -4.39. The molecule has 31 heavy (non-hydrogen) atoms. The van der Waals surface area contributed by atoms with Crippen LogP contribution >= 0.6 is 23.2 Å². The van der Waals surface area contributed by atoms with Gasteiger partial charge in [-0.3, -0.25) is 0 Å². The highest BCUT2D eigenvalue weighted by molar-refractivity contribution is 6.55. The first kappa shape index (κ1) is 23.3. The highest BCUT2D eigenvalue weighted by atomic mass is 35.5. The number of oxime groups is 1. The van der Waals surface area contributed by atoms with Crippen LogP contribution in [0.25, 0.3) is 0 Å². The van der Waals surface area contributed by atoms with Gasteiger partial charge in [0.25, 0.3) is 0 Å². The summed E-state index contributed by atoms with van der Waals surface area (Å²) in [5.41, 5.74) is 2.11. The zero-order valence-corrected chi connectivity index (χ0v) is 17.9. The monoisotopic (exact) mass is 473 g/mol. The molecule has 0 fully saturated rings. The van der Waals surface area contributed by atoms with Gasteiger partial charge in [-0.15, -0.1) is 0 Å². The molecular weight excluding hydrogens is 454 g/mol. The van der Waals surface area contributed by atoms with Crippen LogP contribution in [0.5, 0.6) is 11.5 Å². The average molecular weight is 474 g/mol. The molecule has 0 heterocycles. The zero-order valence-electron chi connectivity index (χ0n) is 16.4. The molecule has 1 aliphatic carbocycles. The lowest BCUT2D eigenvalue weighted by atomic mass is 10.1. The number of alkyl halides is 3. The molecule has 0 N–H and O–H groups in total. The van der Waals surface area contributed by atoms with E-state index < -0.39 is 11.7 Å². The molecule has 0 aliphatic heterocycles. The van der Waals surface area contributed by atoms with Crippen LogP contribution < -0.4 is 9.47 Å². The van der Waals surface area contributed by atoms with E-state index in [4.69, 9.17) is 37.5 Å². The molecule has 9 heteroatoms. The van der Waals surface area contributed by atoms with Crippen molar-refractivity contribution in [3.63, 3.8) is 0 Å². The van der Waals surface area contributed by atoms with Crippen molar-refractivity contribution in [1.29, 1.82) is 0 Å². The largest absolute Gasteiger partial charge is 0.493 e. The summed E-state index contributed by atoms with van der Waals surface area (Å²) in [5.74, 6) is 0.923. The van der Waals surface area contributed by atoms with Crippen LogP contribution in [0.1, 0.15) is 29.5 Å². The molecule has 0 saturated carbocycles. The first-order valence-corrected chi connectivity index (χ1v) is 10.4. The Kier molecular flexibility index (Phi) is 8.09. The molecule has 2 aromatic rings. The number of hydrogen-bond acceptors (Lipinski definition) is 4. The number of fused-ring (bicyclic) bond motifs is 1. The van der Waals surface area contributed by atoms with E-state index in [0.717, 1.165) is 47.6 Å². The van der Waals surface area contributed by atoms with Crippen molar-refractivity contribution in [2.24, 2.45) is 5.16 Å². The molecule has 1 aliphatic rings. The number of ether oxygens (including phenoxy) is 2. The highest BCUT2D eigenvalue weighted by Gasteiger charge is 2.30. The maximum absolute atomic E-state index is 12.7. The van der Waals surface area contributed by atoms with Crippen LogP contribution in [0.15, 0.2) is 58.2 Å². The van der Waals surface area contributed by atoms with E-state index in [1.165, 1.54) is 12.1 Å². The van der Waals surface area contributed by atoms with Gasteiger partial charge in [0.05, 0.1) is 17.9 Å². The van der Waals surface area contributed by atoms with Crippen LogP contribution in [0.4, 0.5) is 13.2 Å². The summed E-state index contributed by atoms with van der Waals surface area (Å²) >= 11 is 11.2. The Bertz CT molecular complexity index is 957. The summed E-state index contributed by atoms with van der Waals surface area (Å²) in [6.07, 6.45) is -0.840. The van der Waals surface area contributed by atoms with Crippen LogP contribution in [0, 0.1) is 0 Å². The highest BCUT2D eigenvalue weighted by Crippen LogP contribution is 2.32. The van der Waals surface area contributed by atoms with Gasteiger partial charge in [-0.05, 0) is 43.2 Å². The third-order valence-electron chi connectivity index (χ3n) is 4.52. The zero-order chi connectivity index (χ0) is 22.3. The fraction of sp³-hybridized carbons (Fsp3) is 0.318. The van der Waals surface area contributed by atoms with Crippen LogP contribution in [0.3, 0.4) is 0 Å². The Balaban J connectivity index is 1.46. The number of nitrogens with zero attached hydrogens (tertiary/aromatic N) is 1. The van der Waals surface area contributed by atoms with Gasteiger partial charge in [0.1, 0.15) is 29.2 Å². The minimum absolute atomic E-state index is 0.153. The Morgan fingerprint density at radius 2 is 1.84 bits per heavy atom. The lowest BCUT2D eigenvalue weighted by Crippen LogP contribution is -2.06.